The van der Waals surface area contributed by atoms with Gasteiger partial charge in [0.1, 0.15) is 22.5 Å². The van der Waals surface area contributed by atoms with Crippen LogP contribution in [0.3, 0.4) is 0 Å². The second kappa shape index (κ2) is 8.84. The third-order valence-electron chi connectivity index (χ3n) is 5.74. The molecule has 0 unspecified atom stereocenters. The maximum absolute atomic E-state index is 13.0. The van der Waals surface area contributed by atoms with Gasteiger partial charge in [0.25, 0.3) is 0 Å². The fourth-order valence-corrected chi connectivity index (χ4v) is 5.56. The predicted molar refractivity (Wildman–Crippen MR) is 124 cm³/mol. The Morgan fingerprint density at radius 3 is 2.53 bits per heavy atom. The average Bonchev–Trinajstić information content (AvgIpc) is 3.50. The van der Waals surface area contributed by atoms with Crippen LogP contribution in [0.25, 0.3) is 0 Å². The Hall–Kier alpha value is -3.25. The first-order chi connectivity index (χ1) is 16.0. The van der Waals surface area contributed by atoms with E-state index in [0.717, 1.165) is 18.6 Å². The number of phenols is 1. The summed E-state index contributed by atoms with van der Waals surface area (Å²) < 4.78 is 37.9. The summed E-state index contributed by atoms with van der Waals surface area (Å²) in [5.74, 6) is 0.832. The van der Waals surface area contributed by atoms with E-state index in [1.165, 1.54) is 22.5 Å². The molecule has 3 heterocycles. The molecular weight excluding hydrogens is 462 g/mol. The van der Waals surface area contributed by atoms with Crippen molar-refractivity contribution in [3.05, 3.63) is 47.1 Å². The average molecular weight is 492 g/mol. The molecule has 1 fully saturated rings. The normalized spacial score (nSPS) is 16.0. The molecule has 1 atom stereocenters. The molecule has 2 aromatic heterocycles. The van der Waals surface area contributed by atoms with Crippen LogP contribution in [0.5, 0.6) is 5.75 Å². The molecule has 1 aromatic carbocycles. The minimum absolute atomic E-state index is 0.0152. The van der Waals surface area contributed by atoms with E-state index in [1.54, 1.807) is 0 Å². The SMILES string of the molecule is Cc1ccc([C@H](Nc2c(Nc3cccc(S(=O)(=O)N4CCCC4)c3O)no[n+]2[O-])C(C)(C)C)o1. The zero-order valence-corrected chi connectivity index (χ0v) is 20.3. The van der Waals surface area contributed by atoms with Gasteiger partial charge in [-0.3, -0.25) is 5.32 Å². The van der Waals surface area contributed by atoms with Crippen molar-refractivity contribution in [1.29, 1.82) is 0 Å². The molecule has 1 saturated heterocycles. The highest BCUT2D eigenvalue weighted by molar-refractivity contribution is 7.89. The minimum Gasteiger partial charge on any atom is -0.504 e. The smallest absolute Gasteiger partial charge is 0.320 e. The molecule has 3 N–H and O–H groups in total. The number of aromatic hydroxyl groups is 1. The molecule has 11 nitrogen and oxygen atoms in total. The molecule has 1 aliphatic heterocycles. The lowest BCUT2D eigenvalue weighted by Gasteiger charge is -2.27. The molecule has 0 spiro atoms. The molecule has 184 valence electrons. The van der Waals surface area contributed by atoms with Crippen molar-refractivity contribution < 1.29 is 27.5 Å². The first kappa shape index (κ1) is 23.9. The number of sulfonamides is 1. The molecule has 4 rings (SSSR count). The van der Waals surface area contributed by atoms with E-state index in [0.29, 0.717) is 18.8 Å². The van der Waals surface area contributed by atoms with Gasteiger partial charge in [-0.1, -0.05) is 31.7 Å². The summed E-state index contributed by atoms with van der Waals surface area (Å²) in [5.41, 5.74) is -0.295. The van der Waals surface area contributed by atoms with Crippen molar-refractivity contribution in [3.8, 4) is 5.75 Å². The lowest BCUT2D eigenvalue weighted by molar-refractivity contribution is -0.791. The van der Waals surface area contributed by atoms with Gasteiger partial charge in [-0.05, 0) is 49.2 Å². The van der Waals surface area contributed by atoms with Gasteiger partial charge in [-0.2, -0.15) is 4.31 Å². The standard InChI is InChI=1S/C22H29N5O6S/c1-14-10-11-16(32-14)19(22(2,3)4)24-21-20(25-33-27(21)29)23-15-8-7-9-17(18(15)28)34(30,31)26-12-5-6-13-26/h7-11,19,24,28H,5-6,12-13H2,1-4H3,(H,23,25)/t19-/m0/s1. The fraction of sp³-hybridized carbons (Fsp3) is 0.455. The van der Waals surface area contributed by atoms with Gasteiger partial charge in [0.2, 0.25) is 10.0 Å². The first-order valence-electron chi connectivity index (χ1n) is 11.0. The van der Waals surface area contributed by atoms with Crippen molar-refractivity contribution in [2.75, 3.05) is 23.7 Å². The van der Waals surface area contributed by atoms with Crippen LogP contribution in [0.1, 0.15) is 51.2 Å². The number of para-hydroxylation sites is 1. The lowest BCUT2D eigenvalue weighted by atomic mass is 9.85. The number of furan rings is 1. The highest BCUT2D eigenvalue weighted by atomic mass is 32.2. The van der Waals surface area contributed by atoms with Crippen LogP contribution in [0.15, 0.2) is 44.3 Å². The van der Waals surface area contributed by atoms with E-state index in [1.807, 2.05) is 39.8 Å². The topological polar surface area (TPSA) is 148 Å². The second-order valence-corrected chi connectivity index (χ2v) is 11.3. The molecule has 0 saturated carbocycles. The fourth-order valence-electron chi connectivity index (χ4n) is 3.94. The van der Waals surface area contributed by atoms with E-state index >= 15 is 0 Å². The predicted octanol–water partition coefficient (Wildman–Crippen LogP) is 3.64. The van der Waals surface area contributed by atoms with Crippen molar-refractivity contribution in [1.82, 2.24) is 9.46 Å². The van der Waals surface area contributed by atoms with Gasteiger partial charge < -0.3 is 24.7 Å². The number of phenolic OH excluding ortho intramolecular Hbond substituents is 1. The number of nitrogens with zero attached hydrogens (tertiary/aromatic N) is 3. The summed E-state index contributed by atoms with van der Waals surface area (Å²) in [6, 6.07) is 7.58. The van der Waals surface area contributed by atoms with E-state index < -0.39 is 21.8 Å². The summed E-state index contributed by atoms with van der Waals surface area (Å²) in [6.07, 6.45) is 1.55. The number of aromatic nitrogens is 2. The quantitative estimate of drug-likeness (QED) is 0.333. The van der Waals surface area contributed by atoms with E-state index in [4.69, 9.17) is 9.05 Å². The molecule has 12 heteroatoms. The minimum atomic E-state index is -3.86. The van der Waals surface area contributed by atoms with Crippen LogP contribution in [-0.4, -0.2) is 36.1 Å². The number of benzene rings is 1. The Morgan fingerprint density at radius 1 is 1.21 bits per heavy atom. The molecule has 0 bridgehead atoms. The number of hydrogen-bond donors (Lipinski definition) is 3. The highest BCUT2D eigenvalue weighted by Crippen LogP contribution is 2.39. The van der Waals surface area contributed by atoms with Crippen LogP contribution >= 0.6 is 0 Å². The zero-order valence-electron chi connectivity index (χ0n) is 19.5. The second-order valence-electron chi connectivity index (χ2n) is 9.41. The summed E-state index contributed by atoms with van der Waals surface area (Å²) >= 11 is 0. The summed E-state index contributed by atoms with van der Waals surface area (Å²) in [7, 11) is -3.86. The summed E-state index contributed by atoms with van der Waals surface area (Å²) in [6.45, 7) is 8.60. The van der Waals surface area contributed by atoms with Crippen molar-refractivity contribution in [3.63, 3.8) is 0 Å². The van der Waals surface area contributed by atoms with Gasteiger partial charge in [-0.15, -0.1) is 0 Å². The van der Waals surface area contributed by atoms with Crippen molar-refractivity contribution in [2.24, 2.45) is 5.41 Å². The van der Waals surface area contributed by atoms with Crippen LogP contribution in [0, 0.1) is 17.5 Å². The Morgan fingerprint density at radius 2 is 1.91 bits per heavy atom. The van der Waals surface area contributed by atoms with Gasteiger partial charge >= 0.3 is 11.6 Å². The maximum Gasteiger partial charge on any atom is 0.320 e. The van der Waals surface area contributed by atoms with E-state index in [-0.39, 0.29) is 32.5 Å². The number of hydrogen-bond acceptors (Lipinski definition) is 9. The maximum atomic E-state index is 13.0. The lowest BCUT2D eigenvalue weighted by Crippen LogP contribution is -2.33. The summed E-state index contributed by atoms with van der Waals surface area (Å²) in [5, 5.41) is 32.9. The number of nitrogens with one attached hydrogen (secondary N) is 2. The molecule has 1 aliphatic rings. The van der Waals surface area contributed by atoms with E-state index in [2.05, 4.69) is 15.8 Å². The number of anilines is 3. The Labute approximate surface area is 197 Å². The van der Waals surface area contributed by atoms with Crippen LogP contribution < -0.4 is 15.5 Å². The Bertz CT molecular complexity index is 1270. The highest BCUT2D eigenvalue weighted by Gasteiger charge is 2.35. The first-order valence-corrected chi connectivity index (χ1v) is 12.4. The monoisotopic (exact) mass is 491 g/mol. The van der Waals surface area contributed by atoms with Gasteiger partial charge in [0.15, 0.2) is 5.75 Å². The molecule has 34 heavy (non-hydrogen) atoms. The summed E-state index contributed by atoms with van der Waals surface area (Å²) in [4.78, 5) is -0.00955. The Kier molecular flexibility index (Phi) is 6.21. The molecule has 0 radical (unpaired) electrons. The third-order valence-corrected chi connectivity index (χ3v) is 7.67. The third kappa shape index (κ3) is 4.55. The largest absolute Gasteiger partial charge is 0.504 e. The molecular formula is C22H29N5O6S. The Balaban J connectivity index is 1.66. The molecule has 0 aliphatic carbocycles. The van der Waals surface area contributed by atoms with Gasteiger partial charge in [-0.25, -0.2) is 8.42 Å². The number of aryl methyl sites for hydroxylation is 1. The van der Waals surface area contributed by atoms with Crippen molar-refractivity contribution in [2.45, 2.75) is 51.5 Å². The van der Waals surface area contributed by atoms with E-state index in [9.17, 15) is 18.7 Å². The number of rotatable bonds is 7. The molecule has 3 aromatic rings. The molecule has 0 amide bonds. The van der Waals surface area contributed by atoms with Gasteiger partial charge in [0, 0.05) is 18.5 Å². The van der Waals surface area contributed by atoms with Crippen LogP contribution in [-0.2, 0) is 10.0 Å². The van der Waals surface area contributed by atoms with Crippen LogP contribution in [0.4, 0.5) is 17.3 Å². The van der Waals surface area contributed by atoms with Crippen LogP contribution in [0.2, 0.25) is 0 Å². The van der Waals surface area contributed by atoms with Crippen molar-refractivity contribution >= 4 is 27.3 Å². The zero-order chi connectivity index (χ0) is 24.7. The van der Waals surface area contributed by atoms with Gasteiger partial charge in [0.05, 0.1) is 5.69 Å².